The van der Waals surface area contributed by atoms with Crippen LogP contribution in [0.1, 0.15) is 62.1 Å². The summed E-state index contributed by atoms with van der Waals surface area (Å²) in [5, 5.41) is 7.49. The Hall–Kier alpha value is -2.49. The van der Waals surface area contributed by atoms with Crippen molar-refractivity contribution >= 4 is 32.7 Å². The zero-order valence-electron chi connectivity index (χ0n) is 17.0. The summed E-state index contributed by atoms with van der Waals surface area (Å²) in [6.07, 6.45) is 1.95. The van der Waals surface area contributed by atoms with Gasteiger partial charge in [-0.05, 0) is 32.3 Å². The van der Waals surface area contributed by atoms with Gasteiger partial charge >= 0.3 is 5.97 Å². The van der Waals surface area contributed by atoms with Crippen LogP contribution in [0.25, 0.3) is 11.0 Å². The highest BCUT2D eigenvalue weighted by Gasteiger charge is 2.29. The maximum atomic E-state index is 12.7. The van der Waals surface area contributed by atoms with Gasteiger partial charge in [0.25, 0.3) is 5.91 Å². The lowest BCUT2D eigenvalue weighted by Gasteiger charge is -2.13. The first-order valence-corrected chi connectivity index (χ1v) is 11.4. The second-order valence-electron chi connectivity index (χ2n) is 7.91. The molecule has 3 heterocycles. The van der Waals surface area contributed by atoms with E-state index >= 15 is 0 Å². The molecule has 0 bridgehead atoms. The molecule has 1 saturated heterocycles. The van der Waals surface area contributed by atoms with Crippen LogP contribution in [-0.2, 0) is 19.4 Å². The first-order valence-electron chi connectivity index (χ1n) is 9.62. The van der Waals surface area contributed by atoms with Crippen molar-refractivity contribution in [2.24, 2.45) is 0 Å². The second kappa shape index (κ2) is 8.10. The van der Waals surface area contributed by atoms with Crippen molar-refractivity contribution in [3.63, 3.8) is 0 Å². The van der Waals surface area contributed by atoms with Crippen molar-refractivity contribution in [3.8, 4) is 0 Å². The predicted molar refractivity (Wildman–Crippen MR) is 107 cm³/mol. The van der Waals surface area contributed by atoms with Gasteiger partial charge in [-0.25, -0.2) is 22.9 Å². The van der Waals surface area contributed by atoms with Gasteiger partial charge in [-0.15, -0.1) is 0 Å². The van der Waals surface area contributed by atoms with E-state index in [1.54, 1.807) is 16.9 Å². The number of fused-ring (bicyclic) bond motifs is 1. The smallest absolute Gasteiger partial charge is 0.339 e. The third-order valence-electron chi connectivity index (χ3n) is 4.82. The van der Waals surface area contributed by atoms with E-state index in [4.69, 9.17) is 4.74 Å². The molecule has 1 aliphatic heterocycles. The number of esters is 1. The predicted octanol–water partition coefficient (Wildman–Crippen LogP) is 1.60. The van der Waals surface area contributed by atoms with Gasteiger partial charge in [0.05, 0.1) is 28.7 Å². The van der Waals surface area contributed by atoms with Gasteiger partial charge in [-0.1, -0.05) is 13.8 Å². The molecule has 2 aromatic rings. The van der Waals surface area contributed by atoms with Crippen LogP contribution < -0.4 is 5.32 Å². The van der Waals surface area contributed by atoms with Crippen LogP contribution in [-0.4, -0.2) is 59.2 Å². The molecule has 1 N–H and O–H groups in total. The zero-order chi connectivity index (χ0) is 21.3. The fourth-order valence-electron chi connectivity index (χ4n) is 3.27. The molecule has 10 heteroatoms. The molecule has 1 atom stereocenters. The molecule has 2 aromatic heterocycles. The molecule has 1 fully saturated rings. The molecule has 158 valence electrons. The van der Waals surface area contributed by atoms with E-state index in [0.29, 0.717) is 23.0 Å². The van der Waals surface area contributed by atoms with Crippen LogP contribution >= 0.6 is 0 Å². The number of aromatic nitrogens is 3. The number of nitrogens with one attached hydrogen (secondary N) is 1. The number of sulfone groups is 1. The average molecular weight is 423 g/mol. The highest BCUT2D eigenvalue weighted by atomic mass is 32.2. The van der Waals surface area contributed by atoms with E-state index in [0.717, 1.165) is 5.69 Å². The zero-order valence-corrected chi connectivity index (χ0v) is 17.8. The SMILES string of the molecule is CC(C)c1cc(C(=O)OCC(=O)N[C@@H]2CCS(=O)(=O)C2)c2cnn(C(C)C)c2n1. The summed E-state index contributed by atoms with van der Waals surface area (Å²) in [5.41, 5.74) is 1.63. The highest BCUT2D eigenvalue weighted by Crippen LogP contribution is 2.25. The van der Waals surface area contributed by atoms with Crippen molar-refractivity contribution < 1.29 is 22.7 Å². The van der Waals surface area contributed by atoms with Crippen LogP contribution in [0.3, 0.4) is 0 Å². The lowest BCUT2D eigenvalue weighted by Crippen LogP contribution is -2.38. The number of rotatable bonds is 6. The van der Waals surface area contributed by atoms with E-state index in [9.17, 15) is 18.0 Å². The minimum atomic E-state index is -3.10. The summed E-state index contributed by atoms with van der Waals surface area (Å²) in [4.78, 5) is 29.4. The van der Waals surface area contributed by atoms with Crippen LogP contribution in [0.4, 0.5) is 0 Å². The number of hydrogen-bond acceptors (Lipinski definition) is 7. The lowest BCUT2D eigenvalue weighted by atomic mass is 10.1. The molecule has 0 aliphatic carbocycles. The van der Waals surface area contributed by atoms with E-state index < -0.39 is 34.4 Å². The van der Waals surface area contributed by atoms with Crippen molar-refractivity contribution in [2.75, 3.05) is 18.1 Å². The molecule has 29 heavy (non-hydrogen) atoms. The molecule has 9 nitrogen and oxygen atoms in total. The maximum Gasteiger partial charge on any atom is 0.339 e. The topological polar surface area (TPSA) is 120 Å². The molecular weight excluding hydrogens is 396 g/mol. The third kappa shape index (κ3) is 4.75. The maximum absolute atomic E-state index is 12.7. The van der Waals surface area contributed by atoms with Crippen LogP contribution in [0.2, 0.25) is 0 Å². The van der Waals surface area contributed by atoms with Gasteiger partial charge in [0.1, 0.15) is 0 Å². The van der Waals surface area contributed by atoms with Gasteiger partial charge in [-0.3, -0.25) is 4.79 Å². The number of hydrogen-bond donors (Lipinski definition) is 1. The molecule has 3 rings (SSSR count). The van der Waals surface area contributed by atoms with Crippen LogP contribution in [0.15, 0.2) is 12.3 Å². The lowest BCUT2D eigenvalue weighted by molar-refractivity contribution is -0.124. The largest absolute Gasteiger partial charge is 0.452 e. The molecule has 1 aliphatic rings. The van der Waals surface area contributed by atoms with Gasteiger partial charge in [0, 0.05) is 17.8 Å². The number of pyridine rings is 1. The molecule has 0 saturated carbocycles. The van der Waals surface area contributed by atoms with Crippen molar-refractivity contribution in [1.29, 1.82) is 0 Å². The molecular formula is C19H26N4O5S. The molecule has 1 amide bonds. The van der Waals surface area contributed by atoms with E-state index in [2.05, 4.69) is 15.4 Å². The van der Waals surface area contributed by atoms with Gasteiger partial charge in [0.15, 0.2) is 22.1 Å². The first kappa shape index (κ1) is 21.2. The second-order valence-corrected chi connectivity index (χ2v) is 10.1. The minimum Gasteiger partial charge on any atom is -0.452 e. The monoisotopic (exact) mass is 422 g/mol. The number of ether oxygens (including phenoxy) is 1. The highest BCUT2D eigenvalue weighted by molar-refractivity contribution is 7.91. The fraction of sp³-hybridized carbons (Fsp3) is 0.579. The Morgan fingerprint density at radius 2 is 2.03 bits per heavy atom. The Bertz CT molecular complexity index is 1040. The molecule has 0 unspecified atom stereocenters. The Morgan fingerprint density at radius 1 is 1.31 bits per heavy atom. The Balaban J connectivity index is 1.75. The van der Waals surface area contributed by atoms with Gasteiger partial charge in [-0.2, -0.15) is 5.10 Å². The van der Waals surface area contributed by atoms with Crippen molar-refractivity contribution in [3.05, 3.63) is 23.5 Å². The summed E-state index contributed by atoms with van der Waals surface area (Å²) in [5.74, 6) is -1.09. The Morgan fingerprint density at radius 3 is 2.62 bits per heavy atom. The average Bonchev–Trinajstić information content (AvgIpc) is 3.21. The first-order chi connectivity index (χ1) is 13.6. The van der Waals surface area contributed by atoms with Crippen molar-refractivity contribution in [1.82, 2.24) is 20.1 Å². The van der Waals surface area contributed by atoms with E-state index in [1.165, 1.54) is 0 Å². The summed E-state index contributed by atoms with van der Waals surface area (Å²) in [7, 11) is -3.10. The Labute approximate surface area is 169 Å². The Kier molecular flexibility index (Phi) is 5.92. The minimum absolute atomic E-state index is 0.0601. The molecule has 0 aromatic carbocycles. The number of amides is 1. The quantitative estimate of drug-likeness (QED) is 0.702. The fourth-order valence-corrected chi connectivity index (χ4v) is 4.94. The summed E-state index contributed by atoms with van der Waals surface area (Å²) in [6.45, 7) is 7.42. The number of carbonyl (C=O) groups is 2. The molecule has 0 radical (unpaired) electrons. The standard InChI is InChI=1S/C19H26N4O5S/c1-11(2)16-7-14(15-8-20-23(12(3)4)18(15)22-16)19(25)28-9-17(24)21-13-5-6-29(26,27)10-13/h7-8,11-13H,5-6,9-10H2,1-4H3,(H,21,24)/t13-/m1/s1. The summed E-state index contributed by atoms with van der Waals surface area (Å²) < 4.78 is 29.9. The summed E-state index contributed by atoms with van der Waals surface area (Å²) in [6, 6.07) is 1.30. The van der Waals surface area contributed by atoms with Crippen molar-refractivity contribution in [2.45, 2.75) is 52.1 Å². The van der Waals surface area contributed by atoms with E-state index in [-0.39, 0.29) is 23.5 Å². The number of nitrogens with zero attached hydrogens (tertiary/aromatic N) is 3. The van der Waals surface area contributed by atoms with Gasteiger partial charge in [0.2, 0.25) is 0 Å². The van der Waals surface area contributed by atoms with Gasteiger partial charge < -0.3 is 10.1 Å². The van der Waals surface area contributed by atoms with Crippen LogP contribution in [0.5, 0.6) is 0 Å². The normalized spacial score (nSPS) is 18.5. The number of carbonyl (C=O) groups excluding carboxylic acids is 2. The van der Waals surface area contributed by atoms with Crippen LogP contribution in [0, 0.1) is 0 Å². The summed E-state index contributed by atoms with van der Waals surface area (Å²) >= 11 is 0. The third-order valence-corrected chi connectivity index (χ3v) is 6.59. The molecule has 0 spiro atoms. The van der Waals surface area contributed by atoms with E-state index in [1.807, 2.05) is 27.7 Å².